The monoisotopic (exact) mass is 422 g/mol. The molecule has 0 radical (unpaired) electrons. The van der Waals surface area contributed by atoms with Crippen molar-refractivity contribution in [2.45, 2.75) is 30.6 Å². The van der Waals surface area contributed by atoms with E-state index in [1.807, 2.05) is 0 Å². The van der Waals surface area contributed by atoms with Crippen molar-refractivity contribution in [1.82, 2.24) is 4.72 Å². The molecule has 0 atom stereocenters. The standard InChI is InChI=1S/C20H23FN2O5S/c21-15-5-4-6-16(13-15)23-20(24)7-2-1-3-10-22-29(25,26)17-8-9-18-19(14-17)28-12-11-27-18/h4-6,8-9,13-14,22H,1-3,7,10-12H2,(H,23,24). The van der Waals surface area contributed by atoms with Gasteiger partial charge >= 0.3 is 0 Å². The molecule has 2 aromatic carbocycles. The van der Waals surface area contributed by atoms with Crippen LogP contribution in [0.1, 0.15) is 25.7 Å². The summed E-state index contributed by atoms with van der Waals surface area (Å²) < 4.78 is 51.2. The number of hydrogen-bond acceptors (Lipinski definition) is 5. The first kappa shape index (κ1) is 21.1. The average Bonchev–Trinajstić information content (AvgIpc) is 2.70. The Morgan fingerprint density at radius 2 is 1.79 bits per heavy atom. The van der Waals surface area contributed by atoms with E-state index in [0.29, 0.717) is 49.7 Å². The smallest absolute Gasteiger partial charge is 0.240 e. The van der Waals surface area contributed by atoms with Crippen LogP contribution in [0.2, 0.25) is 0 Å². The summed E-state index contributed by atoms with van der Waals surface area (Å²) in [4.78, 5) is 12.0. The molecule has 1 heterocycles. The van der Waals surface area contributed by atoms with Crippen LogP contribution in [-0.2, 0) is 14.8 Å². The average molecular weight is 422 g/mol. The topological polar surface area (TPSA) is 93.7 Å². The van der Waals surface area contributed by atoms with Gasteiger partial charge in [-0.2, -0.15) is 0 Å². The zero-order valence-corrected chi connectivity index (χ0v) is 16.6. The molecule has 1 amide bonds. The predicted molar refractivity (Wildman–Crippen MR) is 106 cm³/mol. The highest BCUT2D eigenvalue weighted by molar-refractivity contribution is 7.89. The van der Waals surface area contributed by atoms with Crippen LogP contribution in [0.3, 0.4) is 0 Å². The Hall–Kier alpha value is -2.65. The number of nitrogens with one attached hydrogen (secondary N) is 2. The number of rotatable bonds is 9. The summed E-state index contributed by atoms with van der Waals surface area (Å²) >= 11 is 0. The maximum atomic E-state index is 13.1. The Morgan fingerprint density at radius 3 is 2.59 bits per heavy atom. The Morgan fingerprint density at radius 1 is 1.00 bits per heavy atom. The minimum atomic E-state index is -3.64. The van der Waals surface area contributed by atoms with E-state index in [4.69, 9.17) is 9.47 Å². The van der Waals surface area contributed by atoms with Crippen molar-refractivity contribution in [3.8, 4) is 11.5 Å². The molecule has 0 saturated heterocycles. The number of carbonyl (C=O) groups is 1. The number of sulfonamides is 1. The molecule has 0 aliphatic carbocycles. The number of halogens is 1. The fraction of sp³-hybridized carbons (Fsp3) is 0.350. The summed E-state index contributed by atoms with van der Waals surface area (Å²) in [6.45, 7) is 1.09. The second kappa shape index (κ2) is 9.71. The molecule has 3 rings (SSSR count). The van der Waals surface area contributed by atoms with Gasteiger partial charge in [-0.3, -0.25) is 4.79 Å². The summed E-state index contributed by atoms with van der Waals surface area (Å²) in [5.74, 6) is 0.343. The van der Waals surface area contributed by atoms with Gasteiger partial charge in [-0.15, -0.1) is 0 Å². The van der Waals surface area contributed by atoms with Crippen LogP contribution < -0.4 is 19.5 Å². The Balaban J connectivity index is 1.37. The summed E-state index contributed by atoms with van der Waals surface area (Å²) in [6.07, 6.45) is 2.16. The number of unbranched alkanes of at least 4 members (excludes halogenated alkanes) is 2. The first-order valence-electron chi connectivity index (χ1n) is 9.39. The Kier molecular flexibility index (Phi) is 7.05. The molecule has 9 heteroatoms. The molecule has 0 fully saturated rings. The molecule has 0 aromatic heterocycles. The van der Waals surface area contributed by atoms with E-state index < -0.39 is 15.8 Å². The van der Waals surface area contributed by atoms with Gasteiger partial charge in [-0.25, -0.2) is 17.5 Å². The van der Waals surface area contributed by atoms with Gasteiger partial charge in [0.1, 0.15) is 19.0 Å². The molecule has 1 aliphatic rings. The summed E-state index contributed by atoms with van der Waals surface area (Å²) in [7, 11) is -3.64. The largest absolute Gasteiger partial charge is 0.486 e. The van der Waals surface area contributed by atoms with Crippen LogP contribution in [0.15, 0.2) is 47.4 Å². The van der Waals surface area contributed by atoms with Crippen molar-refractivity contribution in [3.05, 3.63) is 48.3 Å². The maximum Gasteiger partial charge on any atom is 0.240 e. The lowest BCUT2D eigenvalue weighted by molar-refractivity contribution is -0.116. The lowest BCUT2D eigenvalue weighted by Crippen LogP contribution is -2.25. The molecule has 1 aliphatic heterocycles. The number of benzene rings is 2. The van der Waals surface area contributed by atoms with Gasteiger partial charge in [0.25, 0.3) is 0 Å². The van der Waals surface area contributed by atoms with Gasteiger partial charge in [-0.1, -0.05) is 12.5 Å². The van der Waals surface area contributed by atoms with E-state index in [0.717, 1.165) is 0 Å². The summed E-state index contributed by atoms with van der Waals surface area (Å²) in [6, 6.07) is 10.2. The number of amides is 1. The second-order valence-corrected chi connectivity index (χ2v) is 8.34. The van der Waals surface area contributed by atoms with Crippen molar-refractivity contribution < 1.29 is 27.1 Å². The summed E-state index contributed by atoms with van der Waals surface area (Å²) in [5.41, 5.74) is 0.419. The van der Waals surface area contributed by atoms with E-state index in [1.165, 1.54) is 30.3 Å². The van der Waals surface area contributed by atoms with Crippen molar-refractivity contribution in [1.29, 1.82) is 0 Å². The summed E-state index contributed by atoms with van der Waals surface area (Å²) in [5, 5.41) is 2.63. The van der Waals surface area contributed by atoms with Gasteiger partial charge in [-0.05, 0) is 43.2 Å². The van der Waals surface area contributed by atoms with Gasteiger partial charge in [0.05, 0.1) is 4.90 Å². The van der Waals surface area contributed by atoms with Crippen molar-refractivity contribution >= 4 is 21.6 Å². The van der Waals surface area contributed by atoms with Gasteiger partial charge in [0.2, 0.25) is 15.9 Å². The fourth-order valence-electron chi connectivity index (χ4n) is 2.86. The van der Waals surface area contributed by atoms with E-state index in [1.54, 1.807) is 12.1 Å². The van der Waals surface area contributed by atoms with Crippen LogP contribution in [0, 0.1) is 5.82 Å². The highest BCUT2D eigenvalue weighted by Gasteiger charge is 2.18. The SMILES string of the molecule is O=C(CCCCCNS(=O)(=O)c1ccc2c(c1)OCCO2)Nc1cccc(F)c1. The normalized spacial score (nSPS) is 13.1. The lowest BCUT2D eigenvalue weighted by atomic mass is 10.2. The minimum Gasteiger partial charge on any atom is -0.486 e. The molecule has 2 N–H and O–H groups in total. The van der Waals surface area contributed by atoms with Crippen molar-refractivity contribution in [2.24, 2.45) is 0 Å². The molecule has 156 valence electrons. The molecule has 7 nitrogen and oxygen atoms in total. The minimum absolute atomic E-state index is 0.122. The van der Waals surface area contributed by atoms with Gasteiger partial charge in [0, 0.05) is 24.7 Å². The highest BCUT2D eigenvalue weighted by Crippen LogP contribution is 2.32. The maximum absolute atomic E-state index is 13.1. The molecular weight excluding hydrogens is 399 g/mol. The molecule has 0 saturated carbocycles. The lowest BCUT2D eigenvalue weighted by Gasteiger charge is -2.18. The predicted octanol–water partition coefficient (Wildman–Crippen LogP) is 3.07. The quantitative estimate of drug-likeness (QED) is 0.606. The first-order chi connectivity index (χ1) is 13.9. The van der Waals surface area contributed by atoms with E-state index in [2.05, 4.69) is 10.0 Å². The Bertz CT molecular complexity index is 965. The molecule has 0 spiro atoms. The number of hydrogen-bond donors (Lipinski definition) is 2. The molecule has 29 heavy (non-hydrogen) atoms. The van der Waals surface area contributed by atoms with Crippen LogP contribution in [0.4, 0.5) is 10.1 Å². The van der Waals surface area contributed by atoms with Gasteiger partial charge in [0.15, 0.2) is 11.5 Å². The van der Waals surface area contributed by atoms with Crippen LogP contribution >= 0.6 is 0 Å². The molecule has 0 bridgehead atoms. The van der Waals surface area contributed by atoms with Gasteiger partial charge < -0.3 is 14.8 Å². The van der Waals surface area contributed by atoms with Crippen LogP contribution in [0.25, 0.3) is 0 Å². The number of anilines is 1. The number of ether oxygens (including phenoxy) is 2. The third kappa shape index (κ3) is 6.16. The Labute approximate surface area is 169 Å². The highest BCUT2D eigenvalue weighted by atomic mass is 32.2. The molecule has 0 unspecified atom stereocenters. The molecular formula is C20H23FN2O5S. The third-order valence-corrected chi connectivity index (χ3v) is 5.76. The van der Waals surface area contributed by atoms with Crippen LogP contribution in [-0.4, -0.2) is 34.1 Å². The van der Waals surface area contributed by atoms with Crippen LogP contribution in [0.5, 0.6) is 11.5 Å². The fourth-order valence-corrected chi connectivity index (χ4v) is 3.95. The number of fused-ring (bicyclic) bond motifs is 1. The van der Waals surface area contributed by atoms with E-state index >= 15 is 0 Å². The van der Waals surface area contributed by atoms with E-state index in [9.17, 15) is 17.6 Å². The third-order valence-electron chi connectivity index (χ3n) is 4.31. The molecule has 2 aromatic rings. The van der Waals surface area contributed by atoms with E-state index in [-0.39, 0.29) is 23.8 Å². The second-order valence-electron chi connectivity index (χ2n) is 6.57. The first-order valence-corrected chi connectivity index (χ1v) is 10.9. The van der Waals surface area contributed by atoms with Crippen molar-refractivity contribution in [2.75, 3.05) is 25.1 Å². The zero-order valence-electron chi connectivity index (χ0n) is 15.8. The zero-order chi connectivity index (χ0) is 20.7. The number of carbonyl (C=O) groups excluding carboxylic acids is 1. The van der Waals surface area contributed by atoms with Crippen molar-refractivity contribution in [3.63, 3.8) is 0 Å².